The smallest absolute Gasteiger partial charge is 0.263 e. The lowest BCUT2D eigenvalue weighted by Crippen LogP contribution is -2.52. The van der Waals surface area contributed by atoms with Gasteiger partial charge in [0.2, 0.25) is 0 Å². The molecule has 0 bridgehead atoms. The van der Waals surface area contributed by atoms with Gasteiger partial charge < -0.3 is 15.1 Å². The second-order valence-electron chi connectivity index (χ2n) is 10.3. The second-order valence-corrected chi connectivity index (χ2v) is 11.3. The Morgan fingerprint density at radius 1 is 1.11 bits per heavy atom. The van der Waals surface area contributed by atoms with Crippen molar-refractivity contribution in [1.29, 1.82) is 0 Å². The molecule has 3 aromatic heterocycles. The first kappa shape index (κ1) is 25.0. The molecule has 1 aliphatic carbocycles. The van der Waals surface area contributed by atoms with E-state index in [0.29, 0.717) is 12.0 Å². The van der Waals surface area contributed by atoms with E-state index in [0.717, 1.165) is 65.6 Å². The average molecular weight is 507 g/mol. The van der Waals surface area contributed by atoms with Crippen molar-refractivity contribution >= 4 is 44.7 Å². The molecule has 5 rings (SSSR count). The van der Waals surface area contributed by atoms with Gasteiger partial charge in [0.25, 0.3) is 5.91 Å². The summed E-state index contributed by atoms with van der Waals surface area (Å²) < 4.78 is 1.08. The molecule has 1 aliphatic heterocycles. The van der Waals surface area contributed by atoms with E-state index in [1.165, 1.54) is 30.5 Å². The van der Waals surface area contributed by atoms with Crippen molar-refractivity contribution in [2.24, 2.45) is 0 Å². The molecule has 0 unspecified atom stereocenters. The summed E-state index contributed by atoms with van der Waals surface area (Å²) in [6, 6.07) is 6.91. The summed E-state index contributed by atoms with van der Waals surface area (Å²) in [4.78, 5) is 29.9. The Kier molecular flexibility index (Phi) is 7.44. The standard InChI is InChI=1S/C28H38N6OS/c1-5-20-18-34(14-13-33(20)6-2)21-11-12-24(29-16-21)31-25-15-22-23(17-30-25)36-27(28(35)32(3)4)26(22)19-9-7-8-10-19/h11-12,15-17,19-20H,5-10,13-14,18H2,1-4H3,(H,29,30,31)/t20-/m0/s1. The van der Waals surface area contributed by atoms with Crippen LogP contribution < -0.4 is 10.2 Å². The minimum Gasteiger partial charge on any atom is -0.367 e. The molecule has 0 spiro atoms. The zero-order chi connectivity index (χ0) is 25.2. The summed E-state index contributed by atoms with van der Waals surface area (Å²) in [6.07, 6.45) is 9.81. The Hall–Kier alpha value is -2.71. The number of rotatable bonds is 7. The summed E-state index contributed by atoms with van der Waals surface area (Å²) in [5.41, 5.74) is 2.39. The summed E-state index contributed by atoms with van der Waals surface area (Å²) in [6.45, 7) is 8.82. The lowest BCUT2D eigenvalue weighted by atomic mass is 9.94. The van der Waals surface area contributed by atoms with Gasteiger partial charge in [0.1, 0.15) is 11.6 Å². The zero-order valence-corrected chi connectivity index (χ0v) is 22.8. The third-order valence-corrected chi connectivity index (χ3v) is 8.97. The maximum absolute atomic E-state index is 13.0. The molecule has 1 N–H and O–H groups in total. The van der Waals surface area contributed by atoms with E-state index in [-0.39, 0.29) is 5.91 Å². The fourth-order valence-corrected chi connectivity index (χ4v) is 7.04. The Morgan fingerprint density at radius 2 is 1.89 bits per heavy atom. The highest BCUT2D eigenvalue weighted by Gasteiger charge is 2.28. The number of nitrogens with one attached hydrogen (secondary N) is 1. The van der Waals surface area contributed by atoms with E-state index in [1.54, 1.807) is 16.2 Å². The number of hydrogen-bond acceptors (Lipinski definition) is 7. The summed E-state index contributed by atoms with van der Waals surface area (Å²) in [5, 5.41) is 4.56. The maximum Gasteiger partial charge on any atom is 0.263 e. The molecule has 1 saturated heterocycles. The van der Waals surface area contributed by atoms with Crippen LogP contribution >= 0.6 is 11.3 Å². The van der Waals surface area contributed by atoms with E-state index in [1.807, 2.05) is 32.6 Å². The molecular formula is C28H38N6OS. The van der Waals surface area contributed by atoms with Gasteiger partial charge in [-0.2, -0.15) is 0 Å². The summed E-state index contributed by atoms with van der Waals surface area (Å²) >= 11 is 1.58. The van der Waals surface area contributed by atoms with E-state index in [9.17, 15) is 4.79 Å². The second kappa shape index (κ2) is 10.7. The van der Waals surface area contributed by atoms with Crippen LogP contribution in [-0.4, -0.2) is 72.0 Å². The molecule has 7 nitrogen and oxygen atoms in total. The van der Waals surface area contributed by atoms with Crippen LogP contribution in [0, 0.1) is 0 Å². The van der Waals surface area contributed by atoms with Crippen LogP contribution in [0.3, 0.4) is 0 Å². The molecule has 0 radical (unpaired) electrons. The average Bonchev–Trinajstić information content (AvgIpc) is 3.56. The van der Waals surface area contributed by atoms with E-state index in [2.05, 4.69) is 46.1 Å². The highest BCUT2D eigenvalue weighted by molar-refractivity contribution is 7.21. The van der Waals surface area contributed by atoms with Crippen molar-refractivity contribution in [3.8, 4) is 0 Å². The third-order valence-electron chi connectivity index (χ3n) is 7.83. The quantitative estimate of drug-likeness (QED) is 0.443. The van der Waals surface area contributed by atoms with Gasteiger partial charge in [0, 0.05) is 51.4 Å². The number of piperazine rings is 1. The Balaban J connectivity index is 1.37. The van der Waals surface area contributed by atoms with Gasteiger partial charge in [-0.3, -0.25) is 9.69 Å². The molecule has 192 valence electrons. The predicted molar refractivity (Wildman–Crippen MR) is 150 cm³/mol. The number of fused-ring (bicyclic) bond motifs is 1. The van der Waals surface area contributed by atoms with Crippen LogP contribution in [-0.2, 0) is 0 Å². The van der Waals surface area contributed by atoms with Crippen molar-refractivity contribution in [2.45, 2.75) is 57.9 Å². The van der Waals surface area contributed by atoms with Crippen LogP contribution in [0.4, 0.5) is 17.3 Å². The predicted octanol–water partition coefficient (Wildman–Crippen LogP) is 5.71. The van der Waals surface area contributed by atoms with Gasteiger partial charge in [-0.15, -0.1) is 11.3 Å². The third kappa shape index (κ3) is 4.93. The van der Waals surface area contributed by atoms with Gasteiger partial charge in [-0.25, -0.2) is 9.97 Å². The summed E-state index contributed by atoms with van der Waals surface area (Å²) in [5.74, 6) is 2.10. The number of hydrogen-bond donors (Lipinski definition) is 1. The van der Waals surface area contributed by atoms with Crippen LogP contribution in [0.25, 0.3) is 10.1 Å². The molecule has 1 amide bonds. The molecule has 36 heavy (non-hydrogen) atoms. The monoisotopic (exact) mass is 506 g/mol. The first-order chi connectivity index (χ1) is 17.5. The Labute approximate surface area is 218 Å². The first-order valence-electron chi connectivity index (χ1n) is 13.3. The molecule has 0 aromatic carbocycles. The molecule has 8 heteroatoms. The van der Waals surface area contributed by atoms with E-state index < -0.39 is 0 Å². The number of nitrogens with zero attached hydrogens (tertiary/aromatic N) is 5. The first-order valence-corrected chi connectivity index (χ1v) is 14.2. The summed E-state index contributed by atoms with van der Waals surface area (Å²) in [7, 11) is 3.66. The molecule has 1 saturated carbocycles. The van der Waals surface area contributed by atoms with Crippen LogP contribution in [0.5, 0.6) is 0 Å². The molecule has 2 aliphatic rings. The Bertz CT molecular complexity index is 1200. The van der Waals surface area contributed by atoms with Crippen LogP contribution in [0.15, 0.2) is 30.6 Å². The molecule has 2 fully saturated rings. The maximum atomic E-state index is 13.0. The number of pyridine rings is 2. The molecule has 1 atom stereocenters. The lowest BCUT2D eigenvalue weighted by Gasteiger charge is -2.41. The van der Waals surface area contributed by atoms with Crippen molar-refractivity contribution in [2.75, 3.05) is 50.5 Å². The van der Waals surface area contributed by atoms with Gasteiger partial charge in [0.15, 0.2) is 0 Å². The van der Waals surface area contributed by atoms with Crippen molar-refractivity contribution in [3.63, 3.8) is 0 Å². The lowest BCUT2D eigenvalue weighted by molar-refractivity contribution is 0.0831. The minimum atomic E-state index is 0.0925. The number of likely N-dealkylation sites (N-methyl/N-ethyl adjacent to an activating group) is 1. The van der Waals surface area contributed by atoms with E-state index >= 15 is 0 Å². The fraction of sp³-hybridized carbons (Fsp3) is 0.536. The topological polar surface area (TPSA) is 64.6 Å². The van der Waals surface area contributed by atoms with Gasteiger partial charge in [0.05, 0.1) is 21.5 Å². The van der Waals surface area contributed by atoms with Crippen molar-refractivity contribution < 1.29 is 4.79 Å². The Morgan fingerprint density at radius 3 is 2.56 bits per heavy atom. The molecule has 3 aromatic rings. The molecular weight excluding hydrogens is 468 g/mol. The number of thiophene rings is 1. The van der Waals surface area contributed by atoms with Gasteiger partial charge in [-0.1, -0.05) is 26.7 Å². The number of amides is 1. The largest absolute Gasteiger partial charge is 0.367 e. The number of aromatic nitrogens is 2. The van der Waals surface area contributed by atoms with Crippen molar-refractivity contribution in [1.82, 2.24) is 19.8 Å². The highest BCUT2D eigenvalue weighted by atomic mass is 32.1. The zero-order valence-electron chi connectivity index (χ0n) is 22.0. The van der Waals surface area contributed by atoms with E-state index in [4.69, 9.17) is 4.98 Å². The highest BCUT2D eigenvalue weighted by Crippen LogP contribution is 2.44. The molecule has 4 heterocycles. The van der Waals surface area contributed by atoms with Crippen molar-refractivity contribution in [3.05, 3.63) is 41.0 Å². The normalized spacial score (nSPS) is 19.2. The number of carbonyl (C=O) groups excluding carboxylic acids is 1. The SMILES string of the molecule is CC[C@H]1CN(c2ccc(Nc3cc4c(C5CCCC5)c(C(=O)N(C)C)sc4cn3)nc2)CCN1CC. The number of carbonyl (C=O) groups is 1. The minimum absolute atomic E-state index is 0.0925. The van der Waals surface area contributed by atoms with Crippen LogP contribution in [0.2, 0.25) is 0 Å². The van der Waals surface area contributed by atoms with Gasteiger partial charge in [-0.05, 0) is 55.5 Å². The fourth-order valence-electron chi connectivity index (χ4n) is 5.78. The number of anilines is 3. The van der Waals surface area contributed by atoms with Gasteiger partial charge >= 0.3 is 0 Å². The van der Waals surface area contributed by atoms with Crippen LogP contribution in [0.1, 0.15) is 67.1 Å².